The van der Waals surface area contributed by atoms with Gasteiger partial charge in [0.1, 0.15) is 11.6 Å². The van der Waals surface area contributed by atoms with E-state index in [1.165, 1.54) is 0 Å². The summed E-state index contributed by atoms with van der Waals surface area (Å²) >= 11 is 0. The number of aromatic nitrogens is 2. The summed E-state index contributed by atoms with van der Waals surface area (Å²) in [5, 5.41) is 0. The predicted octanol–water partition coefficient (Wildman–Crippen LogP) is 2.70. The van der Waals surface area contributed by atoms with Crippen LogP contribution in [0.15, 0.2) is 29.1 Å². The lowest BCUT2D eigenvalue weighted by Crippen LogP contribution is -2.36. The molecule has 7 nitrogen and oxygen atoms in total. The summed E-state index contributed by atoms with van der Waals surface area (Å²) in [5.41, 5.74) is 2.74. The molecule has 0 saturated carbocycles. The number of nitrogens with zero attached hydrogens (tertiary/aromatic N) is 3. The molecule has 0 bridgehead atoms. The van der Waals surface area contributed by atoms with Crippen LogP contribution in [0.2, 0.25) is 0 Å². The highest BCUT2D eigenvalue weighted by atomic mass is 16.5. The van der Waals surface area contributed by atoms with E-state index in [0.29, 0.717) is 13.1 Å². The summed E-state index contributed by atoms with van der Waals surface area (Å²) in [4.78, 5) is 37.5. The Hall–Kier alpha value is -2.67. The number of aromatic amines is 1. The second-order valence-electron chi connectivity index (χ2n) is 8.73. The van der Waals surface area contributed by atoms with Crippen molar-refractivity contribution in [2.24, 2.45) is 5.92 Å². The number of nitrogens with one attached hydrogen (secondary N) is 1. The van der Waals surface area contributed by atoms with Crippen LogP contribution in [0, 0.1) is 5.92 Å². The summed E-state index contributed by atoms with van der Waals surface area (Å²) in [6.07, 6.45) is 2.45. The number of carbonyl (C=O) groups excluding carboxylic acids is 1. The van der Waals surface area contributed by atoms with E-state index >= 15 is 0 Å². The number of likely N-dealkylation sites (tertiary alicyclic amines) is 1. The first-order chi connectivity index (χ1) is 15.0. The highest BCUT2D eigenvalue weighted by Crippen LogP contribution is 2.27. The van der Waals surface area contributed by atoms with Gasteiger partial charge in [0, 0.05) is 56.5 Å². The number of fused-ring (bicyclic) bond motifs is 1. The Labute approximate surface area is 183 Å². The Morgan fingerprint density at radius 2 is 2.13 bits per heavy atom. The standard InChI is InChI=1S/C24H32N4O3/c1-4-16(2)24(30)28-12-9-18(14-28)22-25-20-10-11-27(15-19(20)23(29)26-22)13-17-7-5-6-8-21(17)31-3/h5-8,16,18H,4,9-15H2,1-3H3,(H,25,26,29). The number of benzene rings is 1. The quantitative estimate of drug-likeness (QED) is 0.771. The molecule has 166 valence electrons. The number of hydrogen-bond acceptors (Lipinski definition) is 5. The number of para-hydroxylation sites is 1. The molecular formula is C24H32N4O3. The molecule has 2 aromatic rings. The van der Waals surface area contributed by atoms with Crippen molar-refractivity contribution in [2.75, 3.05) is 26.7 Å². The van der Waals surface area contributed by atoms with Crippen LogP contribution in [0.4, 0.5) is 0 Å². The van der Waals surface area contributed by atoms with Gasteiger partial charge in [0.2, 0.25) is 5.91 Å². The van der Waals surface area contributed by atoms with Crippen molar-refractivity contribution in [2.45, 2.75) is 52.1 Å². The number of H-pyrrole nitrogens is 1. The Morgan fingerprint density at radius 1 is 1.32 bits per heavy atom. The van der Waals surface area contributed by atoms with Crippen molar-refractivity contribution in [3.63, 3.8) is 0 Å². The lowest BCUT2D eigenvalue weighted by molar-refractivity contribution is -0.134. The lowest BCUT2D eigenvalue weighted by Gasteiger charge is -2.28. The second kappa shape index (κ2) is 9.22. The molecule has 0 aliphatic carbocycles. The van der Waals surface area contributed by atoms with Crippen LogP contribution < -0.4 is 10.3 Å². The highest BCUT2D eigenvalue weighted by molar-refractivity contribution is 5.78. The molecule has 31 heavy (non-hydrogen) atoms. The fraction of sp³-hybridized carbons (Fsp3) is 0.542. The molecule has 1 saturated heterocycles. The second-order valence-corrected chi connectivity index (χ2v) is 8.73. The molecule has 0 radical (unpaired) electrons. The van der Waals surface area contributed by atoms with E-state index in [1.54, 1.807) is 7.11 Å². The van der Waals surface area contributed by atoms with Gasteiger partial charge in [-0.15, -0.1) is 0 Å². The molecular weight excluding hydrogens is 392 g/mol. The van der Waals surface area contributed by atoms with Gasteiger partial charge in [-0.3, -0.25) is 14.5 Å². The van der Waals surface area contributed by atoms with E-state index in [0.717, 1.165) is 67.3 Å². The van der Waals surface area contributed by atoms with Crippen LogP contribution in [0.3, 0.4) is 0 Å². The minimum absolute atomic E-state index is 0.0449. The third-order valence-electron chi connectivity index (χ3n) is 6.67. The minimum atomic E-state index is -0.0450. The van der Waals surface area contributed by atoms with Crippen molar-refractivity contribution < 1.29 is 9.53 Å². The summed E-state index contributed by atoms with van der Waals surface area (Å²) in [6.45, 7) is 7.57. The average Bonchev–Trinajstić information content (AvgIpc) is 3.29. The Bertz CT molecular complexity index is 1000. The molecule has 1 aromatic heterocycles. The monoisotopic (exact) mass is 424 g/mol. The summed E-state index contributed by atoms with van der Waals surface area (Å²) in [7, 11) is 1.68. The van der Waals surface area contributed by atoms with E-state index in [-0.39, 0.29) is 23.3 Å². The molecule has 3 heterocycles. The topological polar surface area (TPSA) is 78.5 Å². The van der Waals surface area contributed by atoms with Crippen molar-refractivity contribution in [1.82, 2.24) is 19.8 Å². The molecule has 2 aliphatic heterocycles. The van der Waals surface area contributed by atoms with Gasteiger partial charge in [0.25, 0.3) is 5.56 Å². The lowest BCUT2D eigenvalue weighted by atomic mass is 10.0. The van der Waals surface area contributed by atoms with Crippen molar-refractivity contribution in [1.29, 1.82) is 0 Å². The Balaban J connectivity index is 1.47. The minimum Gasteiger partial charge on any atom is -0.496 e. The van der Waals surface area contributed by atoms with Gasteiger partial charge in [-0.05, 0) is 18.9 Å². The smallest absolute Gasteiger partial charge is 0.255 e. The molecule has 2 aliphatic rings. The number of methoxy groups -OCH3 is 1. The predicted molar refractivity (Wildman–Crippen MR) is 119 cm³/mol. The van der Waals surface area contributed by atoms with Crippen LogP contribution in [-0.4, -0.2) is 52.4 Å². The first-order valence-electron chi connectivity index (χ1n) is 11.2. The molecule has 7 heteroatoms. The Kier molecular flexibility index (Phi) is 6.41. The van der Waals surface area contributed by atoms with Gasteiger partial charge in [0.05, 0.1) is 18.4 Å². The molecule has 2 atom stereocenters. The first-order valence-corrected chi connectivity index (χ1v) is 11.2. The van der Waals surface area contributed by atoms with E-state index in [9.17, 15) is 9.59 Å². The Morgan fingerprint density at radius 3 is 2.90 bits per heavy atom. The number of hydrogen-bond donors (Lipinski definition) is 1. The summed E-state index contributed by atoms with van der Waals surface area (Å²) < 4.78 is 5.47. The fourth-order valence-corrected chi connectivity index (χ4v) is 4.57. The third-order valence-corrected chi connectivity index (χ3v) is 6.67. The van der Waals surface area contributed by atoms with Gasteiger partial charge < -0.3 is 14.6 Å². The largest absolute Gasteiger partial charge is 0.496 e. The summed E-state index contributed by atoms with van der Waals surface area (Å²) in [6, 6.07) is 8.00. The van der Waals surface area contributed by atoms with Crippen LogP contribution in [0.5, 0.6) is 5.75 Å². The van der Waals surface area contributed by atoms with Crippen LogP contribution in [0.1, 0.15) is 55.3 Å². The molecule has 0 spiro atoms. The number of rotatable bonds is 6. The molecule has 4 rings (SSSR count). The highest BCUT2D eigenvalue weighted by Gasteiger charge is 2.32. The van der Waals surface area contributed by atoms with Crippen molar-refractivity contribution in [3.05, 3.63) is 57.3 Å². The van der Waals surface area contributed by atoms with E-state index < -0.39 is 0 Å². The number of carbonyl (C=O) groups is 1. The SMILES string of the molecule is CCC(C)C(=O)N1CCC(c2nc3c(c(=O)[nH]2)CN(Cc2ccccc2OC)CC3)C1. The maximum atomic E-state index is 12.9. The fourth-order valence-electron chi connectivity index (χ4n) is 4.57. The van der Waals surface area contributed by atoms with E-state index in [1.807, 2.05) is 36.9 Å². The zero-order valence-electron chi connectivity index (χ0n) is 18.7. The first kappa shape index (κ1) is 21.6. The van der Waals surface area contributed by atoms with Crippen molar-refractivity contribution in [3.8, 4) is 5.75 Å². The molecule has 2 unspecified atom stereocenters. The van der Waals surface area contributed by atoms with Crippen LogP contribution in [-0.2, 0) is 24.3 Å². The van der Waals surface area contributed by atoms with Crippen LogP contribution in [0.25, 0.3) is 0 Å². The van der Waals surface area contributed by atoms with Gasteiger partial charge >= 0.3 is 0 Å². The summed E-state index contributed by atoms with van der Waals surface area (Å²) in [5.74, 6) is 1.97. The maximum absolute atomic E-state index is 12.9. The molecule has 1 fully saturated rings. The van der Waals surface area contributed by atoms with E-state index in [2.05, 4.69) is 16.0 Å². The number of amides is 1. The van der Waals surface area contributed by atoms with Gasteiger partial charge in [-0.25, -0.2) is 4.98 Å². The third kappa shape index (κ3) is 4.51. The van der Waals surface area contributed by atoms with Gasteiger partial charge in [0.15, 0.2) is 0 Å². The normalized spacial score (nSPS) is 19.8. The van der Waals surface area contributed by atoms with Gasteiger partial charge in [-0.2, -0.15) is 0 Å². The number of ether oxygens (including phenoxy) is 1. The van der Waals surface area contributed by atoms with E-state index in [4.69, 9.17) is 9.72 Å². The average molecular weight is 425 g/mol. The van der Waals surface area contributed by atoms with Crippen LogP contribution >= 0.6 is 0 Å². The zero-order chi connectivity index (χ0) is 22.0. The zero-order valence-corrected chi connectivity index (χ0v) is 18.7. The maximum Gasteiger partial charge on any atom is 0.255 e. The van der Waals surface area contributed by atoms with Crippen molar-refractivity contribution >= 4 is 5.91 Å². The molecule has 1 aromatic carbocycles. The molecule has 1 N–H and O–H groups in total. The van der Waals surface area contributed by atoms with Gasteiger partial charge in [-0.1, -0.05) is 32.0 Å². The molecule has 1 amide bonds.